The molecular formula is C19H15F4NO4S. The topological polar surface area (TPSA) is 71.8 Å². The van der Waals surface area contributed by atoms with Gasteiger partial charge in [0.2, 0.25) is 0 Å². The number of hydrogen-bond donors (Lipinski definition) is 2. The zero-order chi connectivity index (χ0) is 21.0. The van der Waals surface area contributed by atoms with Crippen molar-refractivity contribution in [3.8, 4) is 22.6 Å². The van der Waals surface area contributed by atoms with Crippen molar-refractivity contribution in [3.63, 3.8) is 0 Å². The number of aliphatic hydroxyl groups is 2. The molecule has 0 spiro atoms. The van der Waals surface area contributed by atoms with Gasteiger partial charge in [0.1, 0.15) is 22.6 Å². The molecular weight excluding hydrogens is 414 g/mol. The molecule has 0 aliphatic carbocycles. The third-order valence-electron chi connectivity index (χ3n) is 3.88. The predicted molar refractivity (Wildman–Crippen MR) is 97.2 cm³/mol. The summed E-state index contributed by atoms with van der Waals surface area (Å²) in [6.45, 7) is -6.42. The second-order valence-electron chi connectivity index (χ2n) is 5.76. The highest BCUT2D eigenvalue weighted by Gasteiger charge is 2.19. The first-order valence-electron chi connectivity index (χ1n) is 8.25. The molecule has 0 fully saturated rings. The lowest BCUT2D eigenvalue weighted by Crippen LogP contribution is -2.05. The lowest BCUT2D eigenvalue weighted by molar-refractivity contribution is -0.0500. The molecule has 0 saturated carbocycles. The van der Waals surface area contributed by atoms with Gasteiger partial charge in [-0.15, -0.1) is 11.3 Å². The second kappa shape index (κ2) is 9.21. The molecule has 154 valence electrons. The van der Waals surface area contributed by atoms with Crippen molar-refractivity contribution in [1.29, 1.82) is 0 Å². The Labute approximate surface area is 166 Å². The zero-order valence-corrected chi connectivity index (χ0v) is 15.5. The van der Waals surface area contributed by atoms with Crippen LogP contribution < -0.4 is 9.47 Å². The van der Waals surface area contributed by atoms with E-state index in [1.165, 1.54) is 48.7 Å². The van der Waals surface area contributed by atoms with Gasteiger partial charge in [-0.3, -0.25) is 0 Å². The molecule has 29 heavy (non-hydrogen) atoms. The molecule has 1 atom stereocenters. The summed E-state index contributed by atoms with van der Waals surface area (Å²) in [5.41, 5.74) is 0.789. The van der Waals surface area contributed by atoms with E-state index in [0.29, 0.717) is 15.4 Å². The maximum absolute atomic E-state index is 12.8. The number of nitrogens with zero attached hydrogens (tertiary/aromatic N) is 1. The van der Waals surface area contributed by atoms with E-state index in [0.717, 1.165) is 11.3 Å². The normalized spacial score (nSPS) is 12.4. The Kier molecular flexibility index (Phi) is 6.68. The maximum atomic E-state index is 12.8. The SMILES string of the molecule is OCc1ncc([C@H](O)c2ccc(OC(F)F)c(-c3cccc(OC(F)F)c3)c2)s1. The smallest absolute Gasteiger partial charge is 0.387 e. The van der Waals surface area contributed by atoms with E-state index in [1.54, 1.807) is 0 Å². The molecule has 3 rings (SSSR count). The third-order valence-corrected chi connectivity index (χ3v) is 4.92. The summed E-state index contributed by atoms with van der Waals surface area (Å²) < 4.78 is 59.5. The molecule has 1 aromatic heterocycles. The van der Waals surface area contributed by atoms with Gasteiger partial charge in [0.05, 0.1) is 11.5 Å². The Morgan fingerprint density at radius 2 is 1.76 bits per heavy atom. The number of alkyl halides is 4. The molecule has 0 aliphatic rings. The van der Waals surface area contributed by atoms with Crippen LogP contribution in [0.4, 0.5) is 17.6 Å². The zero-order valence-electron chi connectivity index (χ0n) is 14.6. The van der Waals surface area contributed by atoms with Crippen molar-refractivity contribution in [2.45, 2.75) is 25.9 Å². The molecule has 0 saturated heterocycles. The first-order chi connectivity index (χ1) is 13.9. The average Bonchev–Trinajstić information content (AvgIpc) is 3.16. The van der Waals surface area contributed by atoms with E-state index in [4.69, 9.17) is 5.11 Å². The van der Waals surface area contributed by atoms with E-state index >= 15 is 0 Å². The second-order valence-corrected chi connectivity index (χ2v) is 6.90. The van der Waals surface area contributed by atoms with Crippen LogP contribution in [0.2, 0.25) is 0 Å². The number of aromatic nitrogens is 1. The Morgan fingerprint density at radius 3 is 2.41 bits per heavy atom. The Bertz CT molecular complexity index is 967. The number of rotatable bonds is 8. The fourth-order valence-electron chi connectivity index (χ4n) is 2.67. The van der Waals surface area contributed by atoms with Gasteiger partial charge >= 0.3 is 13.2 Å². The number of aliphatic hydroxyl groups excluding tert-OH is 2. The van der Waals surface area contributed by atoms with Crippen LogP contribution in [-0.4, -0.2) is 28.4 Å². The first-order valence-corrected chi connectivity index (χ1v) is 9.06. The van der Waals surface area contributed by atoms with E-state index in [-0.39, 0.29) is 29.2 Å². The summed E-state index contributed by atoms with van der Waals surface area (Å²) in [7, 11) is 0. The molecule has 0 amide bonds. The molecule has 3 aromatic rings. The van der Waals surface area contributed by atoms with Crippen LogP contribution in [0.3, 0.4) is 0 Å². The molecule has 10 heteroatoms. The molecule has 2 N–H and O–H groups in total. The fraction of sp³-hybridized carbons (Fsp3) is 0.211. The highest BCUT2D eigenvalue weighted by atomic mass is 32.1. The number of ether oxygens (including phenoxy) is 2. The van der Waals surface area contributed by atoms with Gasteiger partial charge in [-0.2, -0.15) is 17.6 Å². The predicted octanol–water partition coefficient (Wildman–Crippen LogP) is 4.59. The van der Waals surface area contributed by atoms with Gasteiger partial charge in [-0.25, -0.2) is 4.98 Å². The lowest BCUT2D eigenvalue weighted by Gasteiger charge is -2.16. The van der Waals surface area contributed by atoms with Gasteiger partial charge in [0.15, 0.2) is 0 Å². The van der Waals surface area contributed by atoms with Gasteiger partial charge in [0.25, 0.3) is 0 Å². The third kappa shape index (κ3) is 5.22. The standard InChI is InChI=1S/C19H15F4NO4S/c20-18(21)27-12-3-1-2-10(6-12)13-7-11(4-5-14(13)28-19(22)23)17(26)15-8-24-16(9-25)29-15/h1-8,17-19,25-26H,9H2/t17-/m1/s1. The molecule has 0 aliphatic heterocycles. The summed E-state index contributed by atoms with van der Waals surface area (Å²) in [4.78, 5) is 4.40. The Hall–Kier alpha value is -2.69. The molecule has 1 heterocycles. The minimum Gasteiger partial charge on any atom is -0.435 e. The van der Waals surface area contributed by atoms with E-state index in [9.17, 15) is 22.7 Å². The summed E-state index contributed by atoms with van der Waals surface area (Å²) in [5, 5.41) is 20.1. The molecule has 0 unspecified atom stereocenters. The van der Waals surface area contributed by atoms with Crippen molar-refractivity contribution in [2.24, 2.45) is 0 Å². The van der Waals surface area contributed by atoms with Crippen molar-refractivity contribution in [3.05, 3.63) is 64.1 Å². The monoisotopic (exact) mass is 429 g/mol. The van der Waals surface area contributed by atoms with Crippen LogP contribution in [0.25, 0.3) is 11.1 Å². The maximum Gasteiger partial charge on any atom is 0.387 e. The van der Waals surface area contributed by atoms with Gasteiger partial charge < -0.3 is 19.7 Å². The number of thiazole rings is 1. The van der Waals surface area contributed by atoms with E-state index in [1.807, 2.05) is 0 Å². The highest BCUT2D eigenvalue weighted by Crippen LogP contribution is 2.37. The van der Waals surface area contributed by atoms with Crippen LogP contribution in [0, 0.1) is 0 Å². The number of hydrogen-bond acceptors (Lipinski definition) is 6. The van der Waals surface area contributed by atoms with Crippen LogP contribution in [0.15, 0.2) is 48.7 Å². The van der Waals surface area contributed by atoms with Crippen molar-refractivity contribution in [2.75, 3.05) is 0 Å². The minimum atomic E-state index is -3.10. The molecule has 2 aromatic carbocycles. The quantitative estimate of drug-likeness (QED) is 0.513. The van der Waals surface area contributed by atoms with Crippen LogP contribution in [-0.2, 0) is 6.61 Å². The number of benzene rings is 2. The molecule has 5 nitrogen and oxygen atoms in total. The van der Waals surface area contributed by atoms with Crippen LogP contribution in [0.1, 0.15) is 21.6 Å². The number of halogens is 4. The molecule has 0 radical (unpaired) electrons. The lowest BCUT2D eigenvalue weighted by atomic mass is 9.99. The Morgan fingerprint density at radius 1 is 1.00 bits per heavy atom. The summed E-state index contributed by atoms with van der Waals surface area (Å²) in [5.74, 6) is -0.341. The molecule has 0 bridgehead atoms. The van der Waals surface area contributed by atoms with Gasteiger partial charge in [-0.1, -0.05) is 18.2 Å². The van der Waals surface area contributed by atoms with E-state index in [2.05, 4.69) is 14.5 Å². The first kappa shape index (κ1) is 21.0. The van der Waals surface area contributed by atoms with E-state index < -0.39 is 19.3 Å². The van der Waals surface area contributed by atoms with Gasteiger partial charge in [-0.05, 0) is 35.4 Å². The summed E-state index contributed by atoms with van der Waals surface area (Å²) in [6.07, 6.45) is 0.272. The van der Waals surface area contributed by atoms with Crippen molar-refractivity contribution < 1.29 is 37.2 Å². The van der Waals surface area contributed by atoms with Crippen LogP contribution >= 0.6 is 11.3 Å². The average molecular weight is 429 g/mol. The van der Waals surface area contributed by atoms with Crippen molar-refractivity contribution >= 4 is 11.3 Å². The van der Waals surface area contributed by atoms with Crippen molar-refractivity contribution in [1.82, 2.24) is 4.98 Å². The largest absolute Gasteiger partial charge is 0.435 e. The highest BCUT2D eigenvalue weighted by molar-refractivity contribution is 7.11. The Balaban J connectivity index is 2.02. The summed E-state index contributed by atoms with van der Waals surface area (Å²) >= 11 is 1.10. The van der Waals surface area contributed by atoms with Gasteiger partial charge in [0, 0.05) is 11.8 Å². The van der Waals surface area contributed by atoms with Crippen LogP contribution in [0.5, 0.6) is 11.5 Å². The summed E-state index contributed by atoms with van der Waals surface area (Å²) in [6, 6.07) is 9.58. The minimum absolute atomic E-state index is 0.151. The fourth-order valence-corrected chi connectivity index (χ4v) is 3.47.